The lowest BCUT2D eigenvalue weighted by Crippen LogP contribution is -2.12. The number of nitrogens with zero attached hydrogens (tertiary/aromatic N) is 4. The topological polar surface area (TPSA) is 143 Å². The second kappa shape index (κ2) is 9.38. The molecule has 1 unspecified atom stereocenters. The van der Waals surface area contributed by atoms with Crippen molar-refractivity contribution in [1.29, 1.82) is 0 Å². The minimum Gasteiger partial charge on any atom is -0.414 e. The third-order valence-corrected chi connectivity index (χ3v) is 8.48. The van der Waals surface area contributed by atoms with Gasteiger partial charge in [0.1, 0.15) is 0 Å². The Bertz CT molecular complexity index is 1330. The van der Waals surface area contributed by atoms with Gasteiger partial charge in [-0.1, -0.05) is 24.3 Å². The molecule has 2 aromatic carbocycles. The molecule has 1 aliphatic heterocycles. The lowest BCUT2D eigenvalue weighted by Gasteiger charge is -2.36. The van der Waals surface area contributed by atoms with Crippen molar-refractivity contribution >= 4 is 16.4 Å². The van der Waals surface area contributed by atoms with Crippen LogP contribution in [0.1, 0.15) is 42.6 Å². The number of nitrogens with one attached hydrogen (secondary N) is 1. The van der Waals surface area contributed by atoms with Gasteiger partial charge in [0.05, 0.1) is 16.8 Å². The van der Waals surface area contributed by atoms with Gasteiger partial charge in [0.25, 0.3) is 5.89 Å². The molecule has 10 heteroatoms. The molecule has 0 spiro atoms. The van der Waals surface area contributed by atoms with E-state index in [2.05, 4.69) is 37.6 Å². The Hall–Kier alpha value is -3.31. The van der Waals surface area contributed by atoms with Gasteiger partial charge in [-0.15, -0.1) is 10.2 Å². The van der Waals surface area contributed by atoms with Crippen molar-refractivity contribution in [2.45, 2.75) is 42.9 Å². The molecule has 9 nitrogen and oxygen atoms in total. The van der Waals surface area contributed by atoms with E-state index in [9.17, 15) is 9.11 Å². The van der Waals surface area contributed by atoms with Gasteiger partial charge in [0, 0.05) is 26.7 Å². The first-order valence-corrected chi connectivity index (χ1v) is 13.1. The highest BCUT2D eigenvalue weighted by molar-refractivity contribution is 8.24. The van der Waals surface area contributed by atoms with Crippen LogP contribution in [0.4, 0.5) is 5.82 Å². The van der Waals surface area contributed by atoms with E-state index in [0.29, 0.717) is 28.2 Å². The van der Waals surface area contributed by atoms with Gasteiger partial charge in [-0.2, -0.15) is 10.6 Å². The summed E-state index contributed by atoms with van der Waals surface area (Å²) in [6, 6.07) is 15.4. The minimum atomic E-state index is -2.86. The van der Waals surface area contributed by atoms with Gasteiger partial charge < -0.3 is 15.5 Å². The lowest BCUT2D eigenvalue weighted by atomic mass is 10.0. The summed E-state index contributed by atoms with van der Waals surface area (Å²) in [4.78, 5) is 9.34. The van der Waals surface area contributed by atoms with Crippen LogP contribution in [0.5, 0.6) is 0 Å². The first-order valence-electron chi connectivity index (χ1n) is 11.5. The molecule has 4 aromatic rings. The molecular weight excluding hydrogens is 464 g/mol. The second-order valence-corrected chi connectivity index (χ2v) is 11.4. The third-order valence-electron chi connectivity index (χ3n) is 6.20. The van der Waals surface area contributed by atoms with Crippen LogP contribution in [0.25, 0.3) is 34.3 Å². The Morgan fingerprint density at radius 1 is 1.03 bits per heavy atom. The zero-order valence-electron chi connectivity index (χ0n) is 19.5. The van der Waals surface area contributed by atoms with Crippen LogP contribution >= 0.6 is 10.6 Å². The Morgan fingerprint density at radius 2 is 1.71 bits per heavy atom. The summed E-state index contributed by atoms with van der Waals surface area (Å²) in [5.41, 5.74) is 9.73. The Labute approximate surface area is 209 Å². The first-order chi connectivity index (χ1) is 16.8. The average molecular weight is 499 g/mol. The molecule has 1 fully saturated rings. The second-order valence-electron chi connectivity index (χ2n) is 8.84. The fourth-order valence-electron chi connectivity index (χ4n) is 4.06. The standard InChI is InChI=1S/C25H28N6O3S.3H2/c1-15(2)35(32,33)19-11-9-17(10-12-19)21-14-28-23(26)22(29-21)25-31-30-24(34-25)18-7-5-16(6-8-18)20-4-3-13-27-20;;;/h5-12,14-15,20,27,32-33H,3-4,13H2,1-2H3,(H2,26,28);3*1H. The van der Waals surface area contributed by atoms with Crippen LogP contribution in [0.2, 0.25) is 0 Å². The number of anilines is 1. The molecule has 0 bridgehead atoms. The Kier molecular flexibility index (Phi) is 6.28. The van der Waals surface area contributed by atoms with Gasteiger partial charge >= 0.3 is 0 Å². The molecule has 0 amide bonds. The molecule has 0 aliphatic carbocycles. The fourth-order valence-corrected chi connectivity index (χ4v) is 5.14. The predicted octanol–water partition coefficient (Wildman–Crippen LogP) is 6.12. The summed E-state index contributed by atoms with van der Waals surface area (Å²) in [6.45, 7) is 4.61. The van der Waals surface area contributed by atoms with Crippen molar-refractivity contribution in [3.05, 3.63) is 60.3 Å². The van der Waals surface area contributed by atoms with E-state index in [1.165, 1.54) is 12.0 Å². The SMILES string of the molecule is CC(C)S(O)(O)c1ccc(-c2cnc(N)c(-c3nnc(-c4ccc(C5CCCN5)cc4)o3)n2)cc1.[HH].[HH].[HH]. The summed E-state index contributed by atoms with van der Waals surface area (Å²) in [5.74, 6) is 0.733. The normalized spacial score (nSPS) is 16.7. The Morgan fingerprint density at radius 3 is 2.37 bits per heavy atom. The molecule has 35 heavy (non-hydrogen) atoms. The summed E-state index contributed by atoms with van der Waals surface area (Å²) in [5, 5.41) is 11.5. The summed E-state index contributed by atoms with van der Waals surface area (Å²) < 4.78 is 26.7. The van der Waals surface area contributed by atoms with Crippen molar-refractivity contribution in [3.8, 4) is 34.3 Å². The highest BCUT2D eigenvalue weighted by atomic mass is 32.3. The lowest BCUT2D eigenvalue weighted by molar-refractivity contribution is 0.476. The molecule has 188 valence electrons. The van der Waals surface area contributed by atoms with E-state index in [1.807, 2.05) is 12.1 Å². The van der Waals surface area contributed by atoms with Gasteiger partial charge in [0.2, 0.25) is 5.89 Å². The van der Waals surface area contributed by atoms with Crippen molar-refractivity contribution in [3.63, 3.8) is 0 Å². The molecule has 1 atom stereocenters. The number of aromatic nitrogens is 4. The monoisotopic (exact) mass is 498 g/mol. The van der Waals surface area contributed by atoms with Crippen LogP contribution in [-0.4, -0.2) is 41.1 Å². The fraction of sp³-hybridized carbons (Fsp3) is 0.280. The van der Waals surface area contributed by atoms with Crippen LogP contribution in [0.3, 0.4) is 0 Å². The number of hydrogen-bond acceptors (Lipinski definition) is 9. The highest BCUT2D eigenvalue weighted by Gasteiger charge is 2.21. The van der Waals surface area contributed by atoms with Crippen LogP contribution in [0.15, 0.2) is 64.0 Å². The molecule has 1 aliphatic rings. The summed E-state index contributed by atoms with van der Waals surface area (Å²) in [7, 11) is -2.86. The van der Waals surface area contributed by atoms with Gasteiger partial charge in [-0.25, -0.2) is 9.97 Å². The van der Waals surface area contributed by atoms with Gasteiger partial charge in [-0.3, -0.25) is 9.11 Å². The number of hydrogen-bond donors (Lipinski definition) is 4. The smallest absolute Gasteiger partial charge is 0.270 e. The van der Waals surface area contributed by atoms with E-state index >= 15 is 0 Å². The number of benzene rings is 2. The molecule has 1 saturated heterocycles. The maximum absolute atomic E-state index is 10.4. The van der Waals surface area contributed by atoms with E-state index in [0.717, 1.165) is 24.1 Å². The van der Waals surface area contributed by atoms with E-state index in [1.54, 1.807) is 44.3 Å². The molecule has 5 N–H and O–H groups in total. The van der Waals surface area contributed by atoms with E-state index in [-0.39, 0.29) is 21.2 Å². The maximum atomic E-state index is 10.4. The molecule has 2 aromatic heterocycles. The van der Waals surface area contributed by atoms with Gasteiger partial charge in [0.15, 0.2) is 11.5 Å². The van der Waals surface area contributed by atoms with Gasteiger partial charge in [-0.05, 0) is 63.1 Å². The zero-order chi connectivity index (χ0) is 24.6. The maximum Gasteiger partial charge on any atom is 0.270 e. The molecule has 0 radical (unpaired) electrons. The van der Waals surface area contributed by atoms with E-state index < -0.39 is 10.6 Å². The number of rotatable bonds is 6. The predicted molar refractivity (Wildman–Crippen MR) is 143 cm³/mol. The summed E-state index contributed by atoms with van der Waals surface area (Å²) in [6.07, 6.45) is 3.88. The van der Waals surface area contributed by atoms with Crippen molar-refractivity contribution in [2.75, 3.05) is 12.3 Å². The van der Waals surface area contributed by atoms with Crippen LogP contribution < -0.4 is 11.1 Å². The largest absolute Gasteiger partial charge is 0.414 e. The molecule has 0 saturated carbocycles. The van der Waals surface area contributed by atoms with Crippen molar-refractivity contribution < 1.29 is 17.8 Å². The first kappa shape index (κ1) is 23.4. The highest BCUT2D eigenvalue weighted by Crippen LogP contribution is 2.52. The third kappa shape index (κ3) is 4.65. The Balaban J connectivity index is 0.00000169. The molecule has 3 heterocycles. The van der Waals surface area contributed by atoms with Crippen molar-refractivity contribution in [2.24, 2.45) is 0 Å². The van der Waals surface area contributed by atoms with Crippen LogP contribution in [-0.2, 0) is 0 Å². The number of nitrogen functional groups attached to an aromatic ring is 1. The van der Waals surface area contributed by atoms with Crippen molar-refractivity contribution in [1.82, 2.24) is 25.5 Å². The number of nitrogens with two attached hydrogens (primary N) is 1. The summed E-state index contributed by atoms with van der Waals surface area (Å²) >= 11 is 0. The molecular formula is C25H34N6O3S. The molecule has 5 rings (SSSR count). The van der Waals surface area contributed by atoms with E-state index in [4.69, 9.17) is 10.2 Å². The van der Waals surface area contributed by atoms with Crippen LogP contribution in [0, 0.1) is 0 Å². The average Bonchev–Trinajstić information content (AvgIpc) is 3.57. The quantitative estimate of drug-likeness (QED) is 0.247. The minimum absolute atomic E-state index is 0. The zero-order valence-corrected chi connectivity index (χ0v) is 20.4.